The molecule has 130 valence electrons. The molecule has 1 atom stereocenters. The largest absolute Gasteiger partial charge is 0.508 e. The molecule has 6 heteroatoms. The molecule has 25 heavy (non-hydrogen) atoms. The van der Waals surface area contributed by atoms with E-state index >= 15 is 0 Å². The lowest BCUT2D eigenvalue weighted by atomic mass is 9.88. The molecule has 0 radical (unpaired) electrons. The van der Waals surface area contributed by atoms with Crippen LogP contribution in [0.15, 0.2) is 64.8 Å². The number of amides is 1. The van der Waals surface area contributed by atoms with Crippen LogP contribution >= 0.6 is 11.8 Å². The lowest BCUT2D eigenvalue weighted by molar-refractivity contribution is 0.0965. The highest BCUT2D eigenvalue weighted by molar-refractivity contribution is 8.13. The third-order valence-electron chi connectivity index (χ3n) is 4.30. The average molecular weight is 355 g/mol. The molecule has 0 saturated heterocycles. The zero-order valence-electron chi connectivity index (χ0n) is 14.0. The van der Waals surface area contributed by atoms with Crippen molar-refractivity contribution in [1.82, 2.24) is 5.32 Å². The van der Waals surface area contributed by atoms with Gasteiger partial charge in [0.15, 0.2) is 5.17 Å². The summed E-state index contributed by atoms with van der Waals surface area (Å²) in [5.41, 5.74) is 7.88. The number of phenols is 1. The first-order valence-electron chi connectivity index (χ1n) is 8.13. The Kier molecular flexibility index (Phi) is 4.99. The van der Waals surface area contributed by atoms with Gasteiger partial charge in [0, 0.05) is 23.4 Å². The van der Waals surface area contributed by atoms with Crippen LogP contribution in [0.25, 0.3) is 0 Å². The Morgan fingerprint density at radius 3 is 2.84 bits per heavy atom. The molecule has 0 aromatic heterocycles. The molecule has 3 rings (SSSR count). The van der Waals surface area contributed by atoms with Crippen LogP contribution in [0.3, 0.4) is 0 Å². The van der Waals surface area contributed by atoms with Crippen LogP contribution in [0, 0.1) is 0 Å². The normalized spacial score (nSPS) is 23.2. The van der Waals surface area contributed by atoms with E-state index < -0.39 is 0 Å². The Balaban J connectivity index is 1.82. The standard InChI is InChI=1S/C19H21N3O2S/c1-19(10-11-25-18(20)22-19)14-4-2-3-5-15(12-14)21-17(24)13-6-8-16(23)9-7-13/h2-4,6-9,12,23H,5,10-11H2,1H3,(H2,20,22)(H,21,24). The van der Waals surface area contributed by atoms with Gasteiger partial charge in [0.05, 0.1) is 5.54 Å². The number of allylic oxidation sites excluding steroid dienone is 3. The number of amidine groups is 1. The van der Waals surface area contributed by atoms with E-state index in [9.17, 15) is 9.90 Å². The monoisotopic (exact) mass is 355 g/mol. The first-order chi connectivity index (χ1) is 12.0. The Hall–Kier alpha value is -2.47. The Labute approximate surface area is 151 Å². The molecule has 1 heterocycles. The van der Waals surface area contributed by atoms with E-state index in [1.54, 1.807) is 23.9 Å². The van der Waals surface area contributed by atoms with Crippen molar-refractivity contribution in [3.63, 3.8) is 0 Å². The van der Waals surface area contributed by atoms with Crippen LogP contribution < -0.4 is 11.1 Å². The van der Waals surface area contributed by atoms with Crippen LogP contribution in [0.4, 0.5) is 0 Å². The van der Waals surface area contributed by atoms with Crippen molar-refractivity contribution in [2.24, 2.45) is 10.7 Å². The first-order valence-corrected chi connectivity index (χ1v) is 9.11. The van der Waals surface area contributed by atoms with Gasteiger partial charge in [0.2, 0.25) is 0 Å². The highest BCUT2D eigenvalue weighted by atomic mass is 32.2. The van der Waals surface area contributed by atoms with Crippen LogP contribution in [0.2, 0.25) is 0 Å². The van der Waals surface area contributed by atoms with Crippen molar-refractivity contribution in [3.05, 3.63) is 65.4 Å². The summed E-state index contributed by atoms with van der Waals surface area (Å²) in [6, 6.07) is 6.19. The van der Waals surface area contributed by atoms with Crippen LogP contribution in [0.1, 0.15) is 30.1 Å². The average Bonchev–Trinajstić information content (AvgIpc) is 2.81. The second kappa shape index (κ2) is 7.19. The molecular weight excluding hydrogens is 334 g/mol. The summed E-state index contributed by atoms with van der Waals surface area (Å²) in [7, 11) is 0. The summed E-state index contributed by atoms with van der Waals surface area (Å²) in [5, 5.41) is 12.9. The molecule has 1 unspecified atom stereocenters. The van der Waals surface area contributed by atoms with Gasteiger partial charge in [-0.3, -0.25) is 9.79 Å². The summed E-state index contributed by atoms with van der Waals surface area (Å²) >= 11 is 1.57. The van der Waals surface area contributed by atoms with Gasteiger partial charge in [-0.25, -0.2) is 0 Å². The summed E-state index contributed by atoms with van der Waals surface area (Å²) in [4.78, 5) is 17.1. The second-order valence-electron chi connectivity index (χ2n) is 6.25. The fraction of sp³-hybridized carbons (Fsp3) is 0.263. The molecule has 0 fully saturated rings. The molecule has 1 aromatic carbocycles. The molecule has 0 spiro atoms. The second-order valence-corrected chi connectivity index (χ2v) is 7.36. The molecule has 0 saturated carbocycles. The minimum Gasteiger partial charge on any atom is -0.508 e. The van der Waals surface area contributed by atoms with E-state index in [0.717, 1.165) is 23.4 Å². The Morgan fingerprint density at radius 2 is 2.12 bits per heavy atom. The topological polar surface area (TPSA) is 87.7 Å². The minimum atomic E-state index is -0.376. The number of nitrogens with zero attached hydrogens (tertiary/aromatic N) is 1. The van der Waals surface area contributed by atoms with E-state index in [2.05, 4.69) is 17.2 Å². The predicted molar refractivity (Wildman–Crippen MR) is 103 cm³/mol. The van der Waals surface area contributed by atoms with Gasteiger partial charge in [-0.2, -0.15) is 0 Å². The number of aliphatic imine (C=N–C) groups is 1. The fourth-order valence-corrected chi connectivity index (χ4v) is 3.78. The Bertz CT molecular complexity index is 793. The minimum absolute atomic E-state index is 0.136. The molecular formula is C19H21N3O2S. The molecule has 1 amide bonds. The van der Waals surface area contributed by atoms with Crippen LogP contribution in [-0.4, -0.2) is 27.5 Å². The maximum absolute atomic E-state index is 12.4. The highest BCUT2D eigenvalue weighted by Crippen LogP contribution is 2.34. The number of benzene rings is 1. The van der Waals surface area contributed by atoms with Gasteiger partial charge >= 0.3 is 0 Å². The van der Waals surface area contributed by atoms with Gasteiger partial charge in [-0.05, 0) is 49.3 Å². The summed E-state index contributed by atoms with van der Waals surface area (Å²) in [6.07, 6.45) is 9.55. The number of rotatable bonds is 3. The number of phenolic OH excluding ortho intramolecular Hbond substituents is 1. The predicted octanol–water partition coefficient (Wildman–Crippen LogP) is 3.10. The Morgan fingerprint density at radius 1 is 1.36 bits per heavy atom. The molecule has 1 aliphatic heterocycles. The van der Waals surface area contributed by atoms with E-state index in [1.807, 2.05) is 24.3 Å². The van der Waals surface area contributed by atoms with Crippen molar-refractivity contribution in [1.29, 1.82) is 0 Å². The zero-order valence-corrected chi connectivity index (χ0v) is 14.8. The summed E-state index contributed by atoms with van der Waals surface area (Å²) < 4.78 is 0. The van der Waals surface area contributed by atoms with Crippen molar-refractivity contribution >= 4 is 22.8 Å². The summed E-state index contributed by atoms with van der Waals surface area (Å²) in [6.45, 7) is 2.07. The number of nitrogens with two attached hydrogens (primary N) is 1. The number of carbonyl (C=O) groups excluding carboxylic acids is 1. The van der Waals surface area contributed by atoms with E-state index in [0.29, 0.717) is 17.2 Å². The molecule has 1 aliphatic carbocycles. The van der Waals surface area contributed by atoms with Crippen molar-refractivity contribution in [3.8, 4) is 5.75 Å². The molecule has 4 N–H and O–H groups in total. The quantitative estimate of drug-likeness (QED) is 0.777. The lowest BCUT2D eigenvalue weighted by Gasteiger charge is -2.30. The number of hydrogen-bond donors (Lipinski definition) is 3. The van der Waals surface area contributed by atoms with Crippen molar-refractivity contribution in [2.45, 2.75) is 25.3 Å². The summed E-state index contributed by atoms with van der Waals surface area (Å²) in [5.74, 6) is 0.862. The lowest BCUT2D eigenvalue weighted by Crippen LogP contribution is -2.33. The molecule has 0 bridgehead atoms. The van der Waals surface area contributed by atoms with Gasteiger partial charge in [0.25, 0.3) is 5.91 Å². The zero-order chi connectivity index (χ0) is 17.9. The van der Waals surface area contributed by atoms with Crippen molar-refractivity contribution < 1.29 is 9.90 Å². The third kappa shape index (κ3) is 4.14. The van der Waals surface area contributed by atoms with Gasteiger partial charge < -0.3 is 16.2 Å². The molecule has 2 aliphatic rings. The highest BCUT2D eigenvalue weighted by Gasteiger charge is 2.30. The fourth-order valence-electron chi connectivity index (χ4n) is 2.81. The SMILES string of the molecule is CC1(C2=CC=CCC(NC(=O)c3ccc(O)cc3)=C2)CCSC(N)=N1. The third-order valence-corrected chi connectivity index (χ3v) is 5.10. The first kappa shape index (κ1) is 17.4. The number of nitrogens with one attached hydrogen (secondary N) is 1. The smallest absolute Gasteiger partial charge is 0.255 e. The number of thioether (sulfide) groups is 1. The number of carbonyl (C=O) groups is 1. The van der Waals surface area contributed by atoms with Gasteiger partial charge in [-0.15, -0.1) is 0 Å². The van der Waals surface area contributed by atoms with Gasteiger partial charge in [0.1, 0.15) is 5.75 Å². The van der Waals surface area contributed by atoms with Crippen LogP contribution in [-0.2, 0) is 0 Å². The molecule has 5 nitrogen and oxygen atoms in total. The van der Waals surface area contributed by atoms with Crippen molar-refractivity contribution in [2.75, 3.05) is 5.75 Å². The number of hydrogen-bond acceptors (Lipinski definition) is 5. The maximum atomic E-state index is 12.4. The van der Waals surface area contributed by atoms with E-state index in [1.165, 1.54) is 12.1 Å². The number of aromatic hydroxyl groups is 1. The van der Waals surface area contributed by atoms with Crippen LogP contribution in [0.5, 0.6) is 5.75 Å². The van der Waals surface area contributed by atoms with E-state index in [4.69, 9.17) is 5.73 Å². The molecule has 1 aromatic rings. The van der Waals surface area contributed by atoms with Gasteiger partial charge in [-0.1, -0.05) is 30.0 Å². The maximum Gasteiger partial charge on any atom is 0.255 e. The van der Waals surface area contributed by atoms with E-state index in [-0.39, 0.29) is 17.2 Å².